The summed E-state index contributed by atoms with van der Waals surface area (Å²) >= 11 is 3.41. The Bertz CT molecular complexity index is 639. The van der Waals surface area contributed by atoms with Crippen LogP contribution in [0.5, 0.6) is 0 Å². The fourth-order valence-electron chi connectivity index (χ4n) is 2.16. The summed E-state index contributed by atoms with van der Waals surface area (Å²) in [5.41, 5.74) is -0.292. The van der Waals surface area contributed by atoms with Gasteiger partial charge in [-0.15, -0.1) is 5.10 Å². The van der Waals surface area contributed by atoms with E-state index >= 15 is 0 Å². The molecular weight excluding hydrogens is 338 g/mol. The minimum Gasteiger partial charge on any atom is -0.481 e. The average molecular weight is 354 g/mol. The van der Waals surface area contributed by atoms with Crippen molar-refractivity contribution in [2.75, 3.05) is 0 Å². The molecule has 0 amide bonds. The summed E-state index contributed by atoms with van der Waals surface area (Å²) in [7, 11) is 0. The molecular formula is C13H16BrN5O2. The van der Waals surface area contributed by atoms with Gasteiger partial charge in [0.05, 0.1) is 12.0 Å². The molecule has 2 heterocycles. The first-order valence-electron chi connectivity index (χ1n) is 6.64. The summed E-state index contributed by atoms with van der Waals surface area (Å²) in [5, 5.41) is 21.1. The normalized spacial score (nSPS) is 11.6. The van der Waals surface area contributed by atoms with Crippen LogP contribution in [0.2, 0.25) is 0 Å². The summed E-state index contributed by atoms with van der Waals surface area (Å²) < 4.78 is 2.27. The molecule has 0 saturated heterocycles. The predicted octanol–water partition coefficient (Wildman–Crippen LogP) is 2.39. The zero-order valence-corrected chi connectivity index (χ0v) is 13.4. The second-order valence-corrected chi connectivity index (χ2v) is 5.64. The Kier molecular flexibility index (Phi) is 4.66. The van der Waals surface area contributed by atoms with E-state index in [2.05, 4.69) is 36.4 Å². The Morgan fingerprint density at radius 3 is 2.71 bits per heavy atom. The predicted molar refractivity (Wildman–Crippen MR) is 79.4 cm³/mol. The topological polar surface area (TPSA) is 93.8 Å². The molecule has 1 N–H and O–H groups in total. The third kappa shape index (κ3) is 2.94. The van der Waals surface area contributed by atoms with Crippen molar-refractivity contribution in [1.29, 1.82) is 0 Å². The molecule has 0 aromatic carbocycles. The molecule has 0 unspecified atom stereocenters. The lowest BCUT2D eigenvalue weighted by Crippen LogP contribution is -2.35. The number of pyridine rings is 1. The maximum Gasteiger partial charge on any atom is 0.311 e. The highest BCUT2D eigenvalue weighted by molar-refractivity contribution is 9.10. The molecule has 0 aliphatic carbocycles. The van der Waals surface area contributed by atoms with Gasteiger partial charge in [-0.25, -0.2) is 4.68 Å². The largest absolute Gasteiger partial charge is 0.481 e. The molecule has 0 aliphatic heterocycles. The number of nitrogens with zero attached hydrogens (tertiary/aromatic N) is 5. The van der Waals surface area contributed by atoms with Crippen molar-refractivity contribution in [2.45, 2.75) is 33.2 Å². The Balaban J connectivity index is 2.42. The van der Waals surface area contributed by atoms with Crippen molar-refractivity contribution in [2.24, 2.45) is 5.41 Å². The third-order valence-electron chi connectivity index (χ3n) is 3.76. The maximum absolute atomic E-state index is 11.6. The fraction of sp³-hybridized carbons (Fsp3) is 0.462. The number of halogens is 1. The lowest BCUT2D eigenvalue weighted by atomic mass is 9.82. The van der Waals surface area contributed by atoms with Gasteiger partial charge < -0.3 is 5.11 Å². The van der Waals surface area contributed by atoms with E-state index in [0.29, 0.717) is 24.4 Å². The van der Waals surface area contributed by atoms with Crippen LogP contribution in [-0.2, 0) is 11.3 Å². The minimum atomic E-state index is -0.884. The third-order valence-corrected chi connectivity index (χ3v) is 4.40. The Morgan fingerprint density at radius 2 is 2.14 bits per heavy atom. The number of carboxylic acid groups (broad SMARTS) is 1. The van der Waals surface area contributed by atoms with Crippen LogP contribution >= 0.6 is 15.9 Å². The second kappa shape index (κ2) is 6.30. The van der Waals surface area contributed by atoms with Crippen LogP contribution in [0.15, 0.2) is 22.8 Å². The van der Waals surface area contributed by atoms with Crippen molar-refractivity contribution in [1.82, 2.24) is 25.2 Å². The standard InChI is InChI=1S/C13H16BrN5O2/c1-3-13(4-2,12(20)21)8-19-11(16-17-18-19)10-9(14)6-5-7-15-10/h5-7H,3-4,8H2,1-2H3,(H,20,21). The monoisotopic (exact) mass is 353 g/mol. The summed E-state index contributed by atoms with van der Waals surface area (Å²) in [6.45, 7) is 3.93. The SMILES string of the molecule is CCC(CC)(Cn1nnnc1-c1ncccc1Br)C(=O)O. The smallest absolute Gasteiger partial charge is 0.311 e. The number of aromatic nitrogens is 5. The van der Waals surface area contributed by atoms with Crippen molar-refractivity contribution in [3.05, 3.63) is 22.8 Å². The molecule has 21 heavy (non-hydrogen) atoms. The van der Waals surface area contributed by atoms with Crippen molar-refractivity contribution in [3.8, 4) is 11.5 Å². The number of hydrogen-bond donors (Lipinski definition) is 1. The zero-order valence-electron chi connectivity index (χ0n) is 11.8. The molecule has 0 fully saturated rings. The number of rotatable bonds is 6. The van der Waals surface area contributed by atoms with Crippen LogP contribution < -0.4 is 0 Å². The molecule has 0 bridgehead atoms. The van der Waals surface area contributed by atoms with Gasteiger partial charge in [-0.05, 0) is 51.3 Å². The Morgan fingerprint density at radius 1 is 1.43 bits per heavy atom. The van der Waals surface area contributed by atoms with Gasteiger partial charge >= 0.3 is 5.97 Å². The summed E-state index contributed by atoms with van der Waals surface area (Å²) in [4.78, 5) is 15.9. The number of aliphatic carboxylic acids is 1. The van der Waals surface area contributed by atoms with Gasteiger partial charge in [0.1, 0.15) is 5.69 Å². The van der Waals surface area contributed by atoms with Crippen molar-refractivity contribution < 1.29 is 9.90 Å². The van der Waals surface area contributed by atoms with Crippen LogP contribution in [-0.4, -0.2) is 36.3 Å². The molecule has 0 atom stereocenters. The number of carbonyl (C=O) groups is 1. The van der Waals surface area contributed by atoms with E-state index in [1.54, 1.807) is 12.3 Å². The molecule has 0 aliphatic rings. The zero-order chi connectivity index (χ0) is 15.5. The van der Waals surface area contributed by atoms with Gasteiger partial charge in [-0.2, -0.15) is 0 Å². The van der Waals surface area contributed by atoms with Gasteiger partial charge in [-0.1, -0.05) is 13.8 Å². The Hall–Kier alpha value is -1.83. The molecule has 0 spiro atoms. The lowest BCUT2D eigenvalue weighted by molar-refractivity contribution is -0.150. The molecule has 0 saturated carbocycles. The van der Waals surface area contributed by atoms with Crippen LogP contribution in [0.1, 0.15) is 26.7 Å². The highest BCUT2D eigenvalue weighted by atomic mass is 79.9. The maximum atomic E-state index is 11.6. The van der Waals surface area contributed by atoms with Crippen LogP contribution in [0, 0.1) is 5.41 Å². The van der Waals surface area contributed by atoms with E-state index in [1.807, 2.05) is 19.9 Å². The van der Waals surface area contributed by atoms with Gasteiger partial charge in [0, 0.05) is 10.7 Å². The van der Waals surface area contributed by atoms with Crippen molar-refractivity contribution in [3.63, 3.8) is 0 Å². The molecule has 2 aromatic heterocycles. The van der Waals surface area contributed by atoms with E-state index in [-0.39, 0.29) is 6.54 Å². The lowest BCUT2D eigenvalue weighted by Gasteiger charge is -2.26. The molecule has 0 radical (unpaired) electrons. The number of hydrogen-bond acceptors (Lipinski definition) is 5. The highest BCUT2D eigenvalue weighted by Gasteiger charge is 2.36. The fourth-order valence-corrected chi connectivity index (χ4v) is 2.59. The van der Waals surface area contributed by atoms with Gasteiger partial charge in [0.2, 0.25) is 5.82 Å². The Labute approximate surface area is 130 Å². The van der Waals surface area contributed by atoms with Crippen LogP contribution in [0.25, 0.3) is 11.5 Å². The van der Waals surface area contributed by atoms with Crippen LogP contribution in [0.4, 0.5) is 0 Å². The van der Waals surface area contributed by atoms with Crippen LogP contribution in [0.3, 0.4) is 0 Å². The molecule has 7 nitrogen and oxygen atoms in total. The number of tetrazole rings is 1. The molecule has 2 rings (SSSR count). The first-order valence-corrected chi connectivity index (χ1v) is 7.44. The van der Waals surface area contributed by atoms with Gasteiger partial charge in [0.15, 0.2) is 0 Å². The second-order valence-electron chi connectivity index (χ2n) is 4.79. The molecule has 8 heteroatoms. The highest BCUT2D eigenvalue weighted by Crippen LogP contribution is 2.31. The summed E-state index contributed by atoms with van der Waals surface area (Å²) in [6, 6.07) is 3.63. The van der Waals surface area contributed by atoms with E-state index in [0.717, 1.165) is 4.47 Å². The van der Waals surface area contributed by atoms with Crippen molar-refractivity contribution >= 4 is 21.9 Å². The average Bonchev–Trinajstić information content (AvgIpc) is 2.92. The van der Waals surface area contributed by atoms with E-state index in [9.17, 15) is 9.90 Å². The minimum absolute atomic E-state index is 0.209. The first kappa shape index (κ1) is 15.6. The quantitative estimate of drug-likeness (QED) is 0.856. The van der Waals surface area contributed by atoms with Gasteiger partial charge in [0.25, 0.3) is 0 Å². The molecule has 2 aromatic rings. The summed E-state index contributed by atoms with van der Waals surface area (Å²) in [5.74, 6) is -0.385. The number of carboxylic acids is 1. The molecule has 112 valence electrons. The van der Waals surface area contributed by atoms with E-state index in [1.165, 1.54) is 4.68 Å². The first-order chi connectivity index (χ1) is 10.0. The van der Waals surface area contributed by atoms with Gasteiger partial charge in [-0.3, -0.25) is 9.78 Å². The van der Waals surface area contributed by atoms with E-state index in [4.69, 9.17) is 0 Å². The summed E-state index contributed by atoms with van der Waals surface area (Å²) in [6.07, 6.45) is 2.65. The van der Waals surface area contributed by atoms with E-state index < -0.39 is 11.4 Å².